The van der Waals surface area contributed by atoms with Crippen LogP contribution in [0.1, 0.15) is 0 Å². The van der Waals surface area contributed by atoms with Crippen molar-refractivity contribution in [3.8, 4) is 6.01 Å². The number of nitrogens with zero attached hydrogens (tertiary/aromatic N) is 3. The molecule has 92 valence electrons. The average molecular weight is 239 g/mol. The zero-order valence-electron chi connectivity index (χ0n) is 9.56. The van der Waals surface area contributed by atoms with E-state index in [9.17, 15) is 9.59 Å². The van der Waals surface area contributed by atoms with E-state index in [4.69, 9.17) is 10.5 Å². The van der Waals surface area contributed by atoms with Crippen LogP contribution in [-0.4, -0.2) is 32.3 Å². The molecule has 0 radical (unpaired) electrons. The number of aromatic amines is 1. The Bertz CT molecular complexity index is 666. The van der Waals surface area contributed by atoms with Crippen molar-refractivity contribution in [3.05, 3.63) is 20.8 Å². The lowest BCUT2D eigenvalue weighted by molar-refractivity contribution is 0.306. The number of aryl methyl sites for hydroxylation is 1. The van der Waals surface area contributed by atoms with E-state index in [2.05, 4.69) is 9.97 Å². The largest absolute Gasteiger partial charge is 0.463 e. The highest BCUT2D eigenvalue weighted by Crippen LogP contribution is 2.09. The van der Waals surface area contributed by atoms with Crippen molar-refractivity contribution >= 4 is 11.2 Å². The summed E-state index contributed by atoms with van der Waals surface area (Å²) in [6.07, 6.45) is 0. The van der Waals surface area contributed by atoms with Crippen molar-refractivity contribution in [2.45, 2.75) is 0 Å². The Morgan fingerprint density at radius 3 is 2.71 bits per heavy atom. The summed E-state index contributed by atoms with van der Waals surface area (Å²) >= 11 is 0. The number of hydrogen-bond acceptors (Lipinski definition) is 5. The minimum atomic E-state index is -0.432. The molecule has 3 N–H and O–H groups in total. The molecule has 0 fully saturated rings. The van der Waals surface area contributed by atoms with Crippen LogP contribution in [0.3, 0.4) is 0 Å². The highest BCUT2D eigenvalue weighted by molar-refractivity contribution is 5.70. The van der Waals surface area contributed by atoms with Gasteiger partial charge in [-0.05, 0) is 0 Å². The van der Waals surface area contributed by atoms with E-state index in [1.807, 2.05) is 0 Å². The zero-order valence-corrected chi connectivity index (χ0v) is 9.56. The van der Waals surface area contributed by atoms with Gasteiger partial charge in [0.05, 0.1) is 0 Å². The Morgan fingerprint density at radius 1 is 1.35 bits per heavy atom. The van der Waals surface area contributed by atoms with E-state index in [-0.39, 0.29) is 23.8 Å². The standard InChI is InChI=1S/C9H13N5O3/c1-13-6-5(7(15)14(2)9(13)16)11-8(12-6)17-4-3-10/h3-4,10H2,1-2H3,(H,11,12). The molecule has 2 rings (SSSR count). The van der Waals surface area contributed by atoms with Gasteiger partial charge in [-0.3, -0.25) is 13.9 Å². The normalized spacial score (nSPS) is 11.0. The van der Waals surface area contributed by atoms with Gasteiger partial charge >= 0.3 is 5.69 Å². The second-order valence-corrected chi connectivity index (χ2v) is 3.58. The first-order chi connectivity index (χ1) is 8.06. The molecule has 0 aliphatic rings. The van der Waals surface area contributed by atoms with Crippen LogP contribution in [0, 0.1) is 0 Å². The first-order valence-corrected chi connectivity index (χ1v) is 5.05. The van der Waals surface area contributed by atoms with Crippen molar-refractivity contribution in [2.24, 2.45) is 19.8 Å². The van der Waals surface area contributed by atoms with Gasteiger partial charge in [0.15, 0.2) is 11.2 Å². The predicted octanol–water partition coefficient (Wildman–Crippen LogP) is -1.70. The number of H-pyrrole nitrogens is 1. The van der Waals surface area contributed by atoms with Gasteiger partial charge in [-0.25, -0.2) is 4.79 Å². The quantitative estimate of drug-likeness (QED) is 0.663. The maximum Gasteiger partial charge on any atom is 0.332 e. The highest BCUT2D eigenvalue weighted by Gasteiger charge is 2.13. The van der Waals surface area contributed by atoms with Crippen molar-refractivity contribution in [3.63, 3.8) is 0 Å². The first-order valence-electron chi connectivity index (χ1n) is 5.05. The molecule has 2 heterocycles. The molecule has 0 saturated heterocycles. The second-order valence-electron chi connectivity index (χ2n) is 3.58. The van der Waals surface area contributed by atoms with E-state index in [0.29, 0.717) is 6.54 Å². The van der Waals surface area contributed by atoms with E-state index in [0.717, 1.165) is 4.57 Å². The van der Waals surface area contributed by atoms with Crippen molar-refractivity contribution < 1.29 is 4.74 Å². The van der Waals surface area contributed by atoms with Gasteiger partial charge in [-0.2, -0.15) is 4.98 Å². The summed E-state index contributed by atoms with van der Waals surface area (Å²) < 4.78 is 7.46. The number of ether oxygens (including phenoxy) is 1. The Balaban J connectivity index is 2.69. The third kappa shape index (κ3) is 1.72. The molecule has 0 spiro atoms. The first kappa shape index (κ1) is 11.4. The molecular formula is C9H13N5O3. The Hall–Kier alpha value is -2.09. The van der Waals surface area contributed by atoms with Crippen LogP contribution in [0.25, 0.3) is 11.2 Å². The molecule has 0 unspecified atom stereocenters. The number of rotatable bonds is 3. The summed E-state index contributed by atoms with van der Waals surface area (Å²) in [5.74, 6) is 0. The zero-order chi connectivity index (χ0) is 12.6. The number of nitrogens with one attached hydrogen (secondary N) is 1. The van der Waals surface area contributed by atoms with Crippen LogP contribution in [0.15, 0.2) is 9.59 Å². The van der Waals surface area contributed by atoms with Crippen LogP contribution >= 0.6 is 0 Å². The molecule has 2 aromatic heterocycles. The Morgan fingerprint density at radius 2 is 2.06 bits per heavy atom. The van der Waals surface area contributed by atoms with E-state index < -0.39 is 11.2 Å². The molecule has 0 atom stereocenters. The maximum absolute atomic E-state index is 11.8. The third-order valence-corrected chi connectivity index (χ3v) is 2.43. The van der Waals surface area contributed by atoms with Gasteiger partial charge in [-0.15, -0.1) is 0 Å². The summed E-state index contributed by atoms with van der Waals surface area (Å²) in [6.45, 7) is 0.627. The highest BCUT2D eigenvalue weighted by atomic mass is 16.5. The smallest absolute Gasteiger partial charge is 0.332 e. The molecule has 0 aromatic carbocycles. The fourth-order valence-electron chi connectivity index (χ4n) is 1.53. The summed E-state index contributed by atoms with van der Waals surface area (Å²) in [4.78, 5) is 30.2. The monoisotopic (exact) mass is 239 g/mol. The number of imidazole rings is 1. The SMILES string of the molecule is Cn1c(=O)c2[nH]c(OCCN)nc2n(C)c1=O. The number of fused-ring (bicyclic) bond motifs is 1. The number of aromatic nitrogens is 4. The minimum absolute atomic E-state index is 0.184. The summed E-state index contributed by atoms with van der Waals surface area (Å²) in [5.41, 5.74) is 4.93. The van der Waals surface area contributed by atoms with E-state index in [1.165, 1.54) is 18.7 Å². The lowest BCUT2D eigenvalue weighted by Crippen LogP contribution is -2.36. The van der Waals surface area contributed by atoms with Gasteiger partial charge in [-0.1, -0.05) is 0 Å². The van der Waals surface area contributed by atoms with Crippen LogP contribution in [0.4, 0.5) is 0 Å². The maximum atomic E-state index is 11.8. The lowest BCUT2D eigenvalue weighted by Gasteiger charge is -2.00. The summed E-state index contributed by atoms with van der Waals surface area (Å²) in [7, 11) is 2.95. The van der Waals surface area contributed by atoms with Crippen molar-refractivity contribution in [2.75, 3.05) is 13.2 Å². The topological polar surface area (TPSA) is 108 Å². The Kier molecular flexibility index (Phi) is 2.72. The van der Waals surface area contributed by atoms with Gasteiger partial charge in [0.1, 0.15) is 6.61 Å². The van der Waals surface area contributed by atoms with Gasteiger partial charge in [0.25, 0.3) is 11.6 Å². The summed E-state index contributed by atoms with van der Waals surface area (Å²) in [6, 6.07) is 0.184. The average Bonchev–Trinajstić information content (AvgIpc) is 2.75. The molecule has 8 nitrogen and oxygen atoms in total. The Labute approximate surface area is 95.6 Å². The van der Waals surface area contributed by atoms with Crippen LogP contribution in [0.5, 0.6) is 6.01 Å². The van der Waals surface area contributed by atoms with Crippen LogP contribution in [0.2, 0.25) is 0 Å². The molecule has 8 heteroatoms. The van der Waals surface area contributed by atoms with Crippen molar-refractivity contribution in [1.82, 2.24) is 19.1 Å². The third-order valence-electron chi connectivity index (χ3n) is 2.43. The molecule has 2 aromatic rings. The van der Waals surface area contributed by atoms with E-state index >= 15 is 0 Å². The van der Waals surface area contributed by atoms with Gasteiger partial charge in [0, 0.05) is 20.6 Å². The van der Waals surface area contributed by atoms with E-state index in [1.54, 1.807) is 0 Å². The minimum Gasteiger partial charge on any atom is -0.463 e. The molecule has 0 saturated carbocycles. The fourth-order valence-corrected chi connectivity index (χ4v) is 1.53. The number of hydrogen-bond donors (Lipinski definition) is 2. The fraction of sp³-hybridized carbons (Fsp3) is 0.444. The molecule has 0 amide bonds. The molecule has 17 heavy (non-hydrogen) atoms. The van der Waals surface area contributed by atoms with Gasteiger partial charge < -0.3 is 15.5 Å². The van der Waals surface area contributed by atoms with Crippen LogP contribution < -0.4 is 21.7 Å². The summed E-state index contributed by atoms with van der Waals surface area (Å²) in [5, 5.41) is 0. The second kappa shape index (κ2) is 4.06. The molecule has 0 aliphatic carbocycles. The van der Waals surface area contributed by atoms with Gasteiger partial charge in [0.2, 0.25) is 0 Å². The van der Waals surface area contributed by atoms with Crippen molar-refractivity contribution in [1.29, 1.82) is 0 Å². The van der Waals surface area contributed by atoms with Crippen LogP contribution in [-0.2, 0) is 14.1 Å². The number of nitrogens with two attached hydrogens (primary N) is 1. The molecular weight excluding hydrogens is 226 g/mol. The predicted molar refractivity (Wildman–Crippen MR) is 61.1 cm³/mol. The molecule has 0 bridgehead atoms. The lowest BCUT2D eigenvalue weighted by atomic mass is 10.5. The molecule has 0 aliphatic heterocycles.